The van der Waals surface area contributed by atoms with Crippen molar-refractivity contribution in [3.05, 3.63) is 58.5 Å². The Bertz CT molecular complexity index is 1630. The van der Waals surface area contributed by atoms with Gasteiger partial charge in [0.1, 0.15) is 35.0 Å². The number of nitrogens with zero attached hydrogens (tertiary/aromatic N) is 1. The molecule has 38 heavy (non-hydrogen) atoms. The molecule has 3 N–H and O–H groups in total. The molecule has 5 atom stereocenters. The van der Waals surface area contributed by atoms with Gasteiger partial charge in [-0.1, -0.05) is 18.7 Å². The third-order valence-corrected chi connectivity index (χ3v) is 7.45. The monoisotopic (exact) mass is 521 g/mol. The van der Waals surface area contributed by atoms with E-state index in [1.165, 1.54) is 20.3 Å². The van der Waals surface area contributed by atoms with Gasteiger partial charge in [0.2, 0.25) is 0 Å². The Kier molecular flexibility index (Phi) is 6.56. The van der Waals surface area contributed by atoms with Crippen molar-refractivity contribution >= 4 is 38.6 Å². The van der Waals surface area contributed by atoms with Crippen molar-refractivity contribution in [2.45, 2.75) is 37.4 Å². The highest BCUT2D eigenvalue weighted by Gasteiger charge is 2.45. The van der Waals surface area contributed by atoms with Crippen LogP contribution in [0.1, 0.15) is 24.2 Å². The molecule has 1 aliphatic rings. The number of fused-ring (bicyclic) bond motifs is 5. The lowest BCUT2D eigenvalue weighted by Gasteiger charge is -2.45. The topological polar surface area (TPSA) is 122 Å². The van der Waals surface area contributed by atoms with Crippen LogP contribution in [0.5, 0.6) is 17.2 Å². The van der Waals surface area contributed by atoms with E-state index < -0.39 is 36.1 Å². The second-order valence-electron chi connectivity index (χ2n) is 9.82. The zero-order chi connectivity index (χ0) is 27.5. The Morgan fingerprint density at radius 3 is 2.29 bits per heavy atom. The number of aromatic hydroxyl groups is 1. The number of ether oxygens (including phenoxy) is 3. The molecule has 0 radical (unpaired) electrons. The van der Waals surface area contributed by atoms with Crippen molar-refractivity contribution in [1.29, 1.82) is 0 Å². The molecule has 1 unspecified atom stereocenters. The van der Waals surface area contributed by atoms with Crippen LogP contribution in [0.4, 0.5) is 0 Å². The molecule has 4 aromatic rings. The van der Waals surface area contributed by atoms with Gasteiger partial charge in [0, 0.05) is 16.2 Å². The molecule has 9 heteroatoms. The molecule has 0 spiro atoms. The van der Waals surface area contributed by atoms with Crippen LogP contribution in [0.2, 0.25) is 0 Å². The first-order chi connectivity index (χ1) is 18.1. The highest BCUT2D eigenvalue weighted by molar-refractivity contribution is 6.19. The third kappa shape index (κ3) is 3.82. The summed E-state index contributed by atoms with van der Waals surface area (Å²) in [5, 5.41) is 35.1. The number of methoxy groups -OCH3 is 2. The zero-order valence-electron chi connectivity index (χ0n) is 21.9. The molecule has 0 aliphatic carbocycles. The largest absolute Gasteiger partial charge is 0.507 e. The summed E-state index contributed by atoms with van der Waals surface area (Å²) in [5.74, 6) is 0.679. The number of phenols is 1. The summed E-state index contributed by atoms with van der Waals surface area (Å²) in [6.45, 7) is 5.52. The Balaban J connectivity index is 1.94. The second-order valence-corrected chi connectivity index (χ2v) is 9.82. The van der Waals surface area contributed by atoms with Crippen molar-refractivity contribution in [3.8, 4) is 17.2 Å². The van der Waals surface area contributed by atoms with Crippen molar-refractivity contribution in [1.82, 2.24) is 4.90 Å². The van der Waals surface area contributed by atoms with Crippen LogP contribution in [0.3, 0.4) is 0 Å². The smallest absolute Gasteiger partial charge is 0.344 e. The van der Waals surface area contributed by atoms with Gasteiger partial charge in [0.25, 0.3) is 0 Å². The van der Waals surface area contributed by atoms with Crippen LogP contribution in [0.25, 0.3) is 38.6 Å². The fourth-order valence-corrected chi connectivity index (χ4v) is 5.62. The number of benzene rings is 3. The lowest BCUT2D eigenvalue weighted by Crippen LogP contribution is -2.58. The SMILES string of the molecule is C=Cc1cc(OC)c2c(c1)c(=O)oc1c2cc(OC)c2c(O)ccc(C3O[C@H](C)[C@@H](O)[C@@H](N(C)C)[C@@H]3O)c21. The molecular weight excluding hydrogens is 490 g/mol. The van der Waals surface area contributed by atoms with Crippen LogP contribution in [0.15, 0.2) is 46.1 Å². The lowest BCUT2D eigenvalue weighted by atomic mass is 9.86. The Morgan fingerprint density at radius 1 is 0.974 bits per heavy atom. The number of aliphatic hydroxyl groups is 2. The maximum absolute atomic E-state index is 13.3. The first-order valence-corrected chi connectivity index (χ1v) is 12.2. The normalized spacial score (nSPS) is 23.8. The quantitative estimate of drug-likeness (QED) is 0.267. The summed E-state index contributed by atoms with van der Waals surface area (Å²) in [6, 6.07) is 7.62. The minimum absolute atomic E-state index is 0.0956. The van der Waals surface area contributed by atoms with Crippen LogP contribution in [-0.2, 0) is 4.74 Å². The van der Waals surface area contributed by atoms with Crippen LogP contribution in [-0.4, -0.2) is 72.9 Å². The van der Waals surface area contributed by atoms with E-state index in [0.29, 0.717) is 49.6 Å². The first kappa shape index (κ1) is 26.0. The van der Waals surface area contributed by atoms with E-state index >= 15 is 0 Å². The Morgan fingerprint density at radius 2 is 1.66 bits per heavy atom. The van der Waals surface area contributed by atoms with Gasteiger partial charge in [-0.3, -0.25) is 0 Å². The Labute approximate surface area is 219 Å². The zero-order valence-corrected chi connectivity index (χ0v) is 21.9. The molecule has 2 heterocycles. The van der Waals surface area contributed by atoms with E-state index in [-0.39, 0.29) is 11.3 Å². The molecule has 0 saturated carbocycles. The predicted octanol–water partition coefficient (Wildman–Crippen LogP) is 3.58. The van der Waals surface area contributed by atoms with Crippen molar-refractivity contribution in [2.24, 2.45) is 0 Å². The van der Waals surface area contributed by atoms with Gasteiger partial charge in [0.15, 0.2) is 0 Å². The minimum Gasteiger partial charge on any atom is -0.507 e. The number of hydrogen-bond acceptors (Lipinski definition) is 9. The molecule has 5 rings (SSSR count). The Hall–Kier alpha value is -3.63. The minimum atomic E-state index is -1.14. The first-order valence-electron chi connectivity index (χ1n) is 12.2. The molecular formula is C29H31NO8. The summed E-state index contributed by atoms with van der Waals surface area (Å²) in [6.07, 6.45) is -1.98. The van der Waals surface area contributed by atoms with E-state index in [0.717, 1.165) is 0 Å². The standard InChI is InChI=1S/C29H31NO8/c1-7-14-10-17-21(19(11-14)35-5)16-12-20(36-6)23-18(31)9-8-15(22(23)27(16)38-29(17)34)28-26(33)24(30(3)4)25(32)13(2)37-28/h7-13,24-26,28,31-33H,1H2,2-6H3/t13-,24-,25-,26+,28?/m1/s1. The van der Waals surface area contributed by atoms with Crippen LogP contribution < -0.4 is 15.1 Å². The second kappa shape index (κ2) is 9.59. The fraction of sp³-hybridized carbons (Fsp3) is 0.345. The van der Waals surface area contributed by atoms with Crippen molar-refractivity contribution < 1.29 is 33.9 Å². The molecule has 1 aromatic heterocycles. The van der Waals surface area contributed by atoms with E-state index in [9.17, 15) is 20.1 Å². The number of phenolic OH excluding ortho intramolecular Hbond substituents is 1. The number of likely N-dealkylation sites (N-methyl/N-ethyl adjacent to an activating group) is 1. The van der Waals surface area contributed by atoms with E-state index in [1.807, 2.05) is 0 Å². The van der Waals surface area contributed by atoms with E-state index in [4.69, 9.17) is 18.6 Å². The third-order valence-electron chi connectivity index (χ3n) is 7.45. The fourth-order valence-electron chi connectivity index (χ4n) is 5.62. The van der Waals surface area contributed by atoms with Crippen molar-refractivity contribution in [2.75, 3.05) is 28.3 Å². The molecule has 1 saturated heterocycles. The maximum atomic E-state index is 13.3. The van der Waals surface area contributed by atoms with Gasteiger partial charge >= 0.3 is 5.63 Å². The molecule has 1 fully saturated rings. The summed E-state index contributed by atoms with van der Waals surface area (Å²) >= 11 is 0. The molecule has 9 nitrogen and oxygen atoms in total. The van der Waals surface area contributed by atoms with Crippen molar-refractivity contribution in [3.63, 3.8) is 0 Å². The summed E-state index contributed by atoms with van der Waals surface area (Å²) < 4.78 is 23.4. The van der Waals surface area contributed by atoms with Gasteiger partial charge in [-0.05, 0) is 56.4 Å². The van der Waals surface area contributed by atoms with Crippen LogP contribution in [0, 0.1) is 0 Å². The number of hydrogen-bond donors (Lipinski definition) is 3. The maximum Gasteiger partial charge on any atom is 0.344 e. The highest BCUT2D eigenvalue weighted by atomic mass is 16.5. The predicted molar refractivity (Wildman–Crippen MR) is 145 cm³/mol. The number of rotatable bonds is 5. The van der Waals surface area contributed by atoms with E-state index in [1.54, 1.807) is 56.3 Å². The summed E-state index contributed by atoms with van der Waals surface area (Å²) in [5.41, 5.74) is 0.747. The summed E-state index contributed by atoms with van der Waals surface area (Å²) in [4.78, 5) is 15.1. The highest BCUT2D eigenvalue weighted by Crippen LogP contribution is 2.47. The van der Waals surface area contributed by atoms with Gasteiger partial charge in [-0.25, -0.2) is 4.79 Å². The average molecular weight is 522 g/mol. The van der Waals surface area contributed by atoms with Crippen LogP contribution >= 0.6 is 0 Å². The van der Waals surface area contributed by atoms with E-state index in [2.05, 4.69) is 6.58 Å². The molecule has 1 aliphatic heterocycles. The molecule has 200 valence electrons. The summed E-state index contributed by atoms with van der Waals surface area (Å²) in [7, 11) is 6.54. The lowest BCUT2D eigenvalue weighted by molar-refractivity contribution is -0.197. The van der Waals surface area contributed by atoms with Gasteiger partial charge in [-0.15, -0.1) is 0 Å². The van der Waals surface area contributed by atoms with Gasteiger partial charge in [0.05, 0.1) is 43.2 Å². The molecule has 3 aromatic carbocycles. The molecule has 0 amide bonds. The number of aliphatic hydroxyl groups excluding tert-OH is 2. The van der Waals surface area contributed by atoms with Gasteiger partial charge in [-0.2, -0.15) is 0 Å². The van der Waals surface area contributed by atoms with Gasteiger partial charge < -0.3 is 38.8 Å². The molecule has 0 bridgehead atoms. The average Bonchev–Trinajstić information content (AvgIpc) is 2.90.